The molecule has 2 aromatic rings. The molecule has 1 aromatic carbocycles. The summed E-state index contributed by atoms with van der Waals surface area (Å²) in [6.07, 6.45) is 8.60. The lowest BCUT2D eigenvalue weighted by atomic mass is 9.88. The topological polar surface area (TPSA) is 38.1 Å². The van der Waals surface area contributed by atoms with Crippen LogP contribution < -0.4 is 0 Å². The molecule has 4 heteroatoms. The first-order chi connectivity index (χ1) is 9.86. The van der Waals surface area contributed by atoms with Crippen LogP contribution in [0.1, 0.15) is 24.3 Å². The predicted molar refractivity (Wildman–Crippen MR) is 77.2 cm³/mol. The molecule has 0 N–H and O–H groups in total. The van der Waals surface area contributed by atoms with E-state index in [1.807, 2.05) is 16.8 Å². The number of aldehydes is 1. The second-order valence-corrected chi connectivity index (χ2v) is 5.38. The van der Waals surface area contributed by atoms with Crippen molar-refractivity contribution in [2.45, 2.75) is 31.5 Å². The summed E-state index contributed by atoms with van der Waals surface area (Å²) in [5.74, 6) is 0.510. The molecule has 0 saturated carbocycles. The van der Waals surface area contributed by atoms with Crippen LogP contribution in [0.2, 0.25) is 0 Å². The number of imidazole rings is 1. The van der Waals surface area contributed by atoms with Gasteiger partial charge in [0.15, 0.2) is 0 Å². The van der Waals surface area contributed by atoms with Crippen molar-refractivity contribution in [2.24, 2.45) is 0 Å². The van der Waals surface area contributed by atoms with Gasteiger partial charge in [0.25, 0.3) is 0 Å². The Morgan fingerprint density at radius 1 is 1.25 bits per heavy atom. The molecule has 4 nitrogen and oxygen atoms in total. The molecule has 2 unspecified atom stereocenters. The van der Waals surface area contributed by atoms with Crippen molar-refractivity contribution in [3.8, 4) is 0 Å². The Morgan fingerprint density at radius 3 is 2.80 bits per heavy atom. The molecule has 0 aliphatic carbocycles. The monoisotopic (exact) mass is 269 g/mol. The van der Waals surface area contributed by atoms with Crippen LogP contribution in [0.3, 0.4) is 0 Å². The fraction of sp³-hybridized carbons (Fsp3) is 0.375. The quantitative estimate of drug-likeness (QED) is 0.799. The molecule has 104 valence electrons. The fourth-order valence-corrected chi connectivity index (χ4v) is 2.96. The molecule has 1 fully saturated rings. The SMILES string of the molecule is O=CC1CCC(c2ccccc2)CN1Cn1ccnc1. The molecule has 0 radical (unpaired) electrons. The third kappa shape index (κ3) is 2.80. The molecule has 1 aromatic heterocycles. The van der Waals surface area contributed by atoms with Crippen molar-refractivity contribution >= 4 is 6.29 Å². The Labute approximate surface area is 119 Å². The van der Waals surface area contributed by atoms with Crippen LogP contribution in [-0.4, -0.2) is 33.3 Å². The maximum absolute atomic E-state index is 11.3. The van der Waals surface area contributed by atoms with Gasteiger partial charge >= 0.3 is 0 Å². The van der Waals surface area contributed by atoms with Gasteiger partial charge in [0.1, 0.15) is 6.29 Å². The Morgan fingerprint density at radius 2 is 2.10 bits per heavy atom. The molecule has 1 saturated heterocycles. The van der Waals surface area contributed by atoms with Gasteiger partial charge in [-0.3, -0.25) is 4.90 Å². The Hall–Kier alpha value is -1.94. The van der Waals surface area contributed by atoms with E-state index in [9.17, 15) is 4.79 Å². The van der Waals surface area contributed by atoms with Crippen LogP contribution in [-0.2, 0) is 11.5 Å². The van der Waals surface area contributed by atoms with Crippen molar-refractivity contribution in [3.63, 3.8) is 0 Å². The number of carbonyl (C=O) groups excluding carboxylic acids is 1. The van der Waals surface area contributed by atoms with Gasteiger partial charge in [-0.05, 0) is 24.3 Å². The number of aromatic nitrogens is 2. The second kappa shape index (κ2) is 6.01. The molecule has 2 atom stereocenters. The normalized spacial score (nSPS) is 23.6. The van der Waals surface area contributed by atoms with E-state index in [0.29, 0.717) is 5.92 Å². The molecule has 20 heavy (non-hydrogen) atoms. The van der Waals surface area contributed by atoms with E-state index in [-0.39, 0.29) is 6.04 Å². The molecule has 0 amide bonds. The van der Waals surface area contributed by atoms with Crippen molar-refractivity contribution in [2.75, 3.05) is 6.54 Å². The Balaban J connectivity index is 1.74. The lowest BCUT2D eigenvalue weighted by molar-refractivity contribution is -0.114. The van der Waals surface area contributed by atoms with Crippen LogP contribution in [0.4, 0.5) is 0 Å². The van der Waals surface area contributed by atoms with E-state index < -0.39 is 0 Å². The zero-order valence-electron chi connectivity index (χ0n) is 11.4. The van der Waals surface area contributed by atoms with Crippen LogP contribution in [0.5, 0.6) is 0 Å². The summed E-state index contributed by atoms with van der Waals surface area (Å²) in [7, 11) is 0. The molecule has 3 rings (SSSR count). The molecule has 2 heterocycles. The highest BCUT2D eigenvalue weighted by molar-refractivity contribution is 5.57. The summed E-state index contributed by atoms with van der Waals surface area (Å²) in [4.78, 5) is 17.6. The Kier molecular flexibility index (Phi) is 3.92. The van der Waals surface area contributed by atoms with Gasteiger partial charge in [0, 0.05) is 18.9 Å². The lowest BCUT2D eigenvalue weighted by Gasteiger charge is -2.37. The first-order valence-electron chi connectivity index (χ1n) is 7.07. The minimum Gasteiger partial charge on any atom is -0.324 e. The third-order valence-corrected chi connectivity index (χ3v) is 4.07. The van der Waals surface area contributed by atoms with Crippen LogP contribution in [0.25, 0.3) is 0 Å². The fourth-order valence-electron chi connectivity index (χ4n) is 2.96. The second-order valence-electron chi connectivity index (χ2n) is 5.38. The highest BCUT2D eigenvalue weighted by Gasteiger charge is 2.28. The number of hydrogen-bond donors (Lipinski definition) is 0. The Bertz CT molecular complexity index is 538. The van der Waals surface area contributed by atoms with E-state index in [1.54, 1.807) is 12.5 Å². The zero-order chi connectivity index (χ0) is 13.8. The van der Waals surface area contributed by atoms with Gasteiger partial charge < -0.3 is 9.36 Å². The van der Waals surface area contributed by atoms with Gasteiger partial charge in [-0.1, -0.05) is 30.3 Å². The number of likely N-dealkylation sites (tertiary alicyclic amines) is 1. The van der Waals surface area contributed by atoms with Crippen molar-refractivity contribution < 1.29 is 4.79 Å². The van der Waals surface area contributed by atoms with Crippen molar-refractivity contribution in [1.29, 1.82) is 0 Å². The van der Waals surface area contributed by atoms with Gasteiger partial charge in [0.2, 0.25) is 0 Å². The summed E-state index contributed by atoms with van der Waals surface area (Å²) in [5, 5.41) is 0. The van der Waals surface area contributed by atoms with E-state index in [4.69, 9.17) is 0 Å². The summed E-state index contributed by atoms with van der Waals surface area (Å²) in [5.41, 5.74) is 1.37. The van der Waals surface area contributed by atoms with Crippen molar-refractivity contribution in [3.05, 3.63) is 54.6 Å². The summed E-state index contributed by atoms with van der Waals surface area (Å²) >= 11 is 0. The van der Waals surface area contributed by atoms with Gasteiger partial charge in [-0.15, -0.1) is 0 Å². The van der Waals surface area contributed by atoms with Gasteiger partial charge in [-0.2, -0.15) is 0 Å². The maximum Gasteiger partial charge on any atom is 0.137 e. The van der Waals surface area contributed by atoms with Crippen LogP contribution in [0.15, 0.2) is 49.1 Å². The van der Waals surface area contributed by atoms with E-state index in [2.05, 4.69) is 34.1 Å². The van der Waals surface area contributed by atoms with Crippen LogP contribution in [0, 0.1) is 0 Å². The highest BCUT2D eigenvalue weighted by Crippen LogP contribution is 2.29. The minimum absolute atomic E-state index is 0.0253. The number of benzene rings is 1. The number of nitrogens with zero attached hydrogens (tertiary/aromatic N) is 3. The van der Waals surface area contributed by atoms with Gasteiger partial charge in [-0.25, -0.2) is 4.98 Å². The van der Waals surface area contributed by atoms with Crippen molar-refractivity contribution in [1.82, 2.24) is 14.5 Å². The summed E-state index contributed by atoms with van der Waals surface area (Å²) in [6, 6.07) is 10.6. The smallest absolute Gasteiger partial charge is 0.137 e. The average Bonchev–Trinajstić information content (AvgIpc) is 3.01. The zero-order valence-corrected chi connectivity index (χ0v) is 11.4. The molecular weight excluding hydrogens is 250 g/mol. The number of carbonyl (C=O) groups is 1. The lowest BCUT2D eigenvalue weighted by Crippen LogP contribution is -2.44. The van der Waals surface area contributed by atoms with E-state index in [0.717, 1.165) is 32.3 Å². The number of rotatable bonds is 4. The van der Waals surface area contributed by atoms with Gasteiger partial charge in [0.05, 0.1) is 19.0 Å². The third-order valence-electron chi connectivity index (χ3n) is 4.07. The average molecular weight is 269 g/mol. The van der Waals surface area contributed by atoms with Crippen LogP contribution >= 0.6 is 0 Å². The molecule has 0 bridgehead atoms. The molecule has 1 aliphatic heterocycles. The maximum atomic E-state index is 11.3. The van der Waals surface area contributed by atoms with E-state index in [1.165, 1.54) is 5.56 Å². The summed E-state index contributed by atoms with van der Waals surface area (Å²) in [6.45, 7) is 1.65. The summed E-state index contributed by atoms with van der Waals surface area (Å²) < 4.78 is 2.02. The molecule has 0 spiro atoms. The largest absolute Gasteiger partial charge is 0.324 e. The minimum atomic E-state index is 0.0253. The number of piperidine rings is 1. The number of hydrogen-bond acceptors (Lipinski definition) is 3. The molecule has 1 aliphatic rings. The molecular formula is C16H19N3O. The highest BCUT2D eigenvalue weighted by atomic mass is 16.1. The standard InChI is InChI=1S/C16H19N3O/c20-11-16-7-6-15(14-4-2-1-3-5-14)10-19(16)13-18-9-8-17-12-18/h1-5,8-9,11-12,15-16H,6-7,10,13H2. The first kappa shape index (κ1) is 13.1. The first-order valence-corrected chi connectivity index (χ1v) is 7.07. The van der Waals surface area contributed by atoms with E-state index >= 15 is 0 Å². The predicted octanol–water partition coefficient (Wildman–Crippen LogP) is 2.29.